The van der Waals surface area contributed by atoms with Crippen molar-refractivity contribution in [3.05, 3.63) is 0 Å². The summed E-state index contributed by atoms with van der Waals surface area (Å²) in [7, 11) is 0. The summed E-state index contributed by atoms with van der Waals surface area (Å²) < 4.78 is 0. The molecule has 0 aromatic rings. The molecule has 0 fully saturated rings. The van der Waals surface area contributed by atoms with Gasteiger partial charge in [-0.2, -0.15) is 12.6 Å². The summed E-state index contributed by atoms with van der Waals surface area (Å²) in [6.45, 7) is -0.996. The molecule has 4 amide bonds. The number of nitrogens with two attached hydrogens (primary N) is 2. The molecule has 4 unspecified atom stereocenters. The summed E-state index contributed by atoms with van der Waals surface area (Å²) in [6, 6.07) is -6.20. The van der Waals surface area contributed by atoms with Crippen LogP contribution >= 0.6 is 12.6 Å². The van der Waals surface area contributed by atoms with Crippen LogP contribution in [-0.2, 0) is 28.8 Å². The van der Waals surface area contributed by atoms with E-state index in [0.717, 1.165) is 0 Å². The molecule has 10 N–H and O–H groups in total. The lowest BCUT2D eigenvalue weighted by Crippen LogP contribution is -2.58. The zero-order valence-electron chi connectivity index (χ0n) is 15.0. The SMILES string of the molecule is NC(=O)CC(NC(=O)C(CO)NC(=O)C(CC(=O)O)NC(=O)C(N)CS)C(=O)O. The number of aliphatic hydroxyl groups excluding tert-OH is 1. The van der Waals surface area contributed by atoms with E-state index in [2.05, 4.69) is 17.9 Å². The molecule has 0 aliphatic rings. The number of carbonyl (C=O) groups is 6. The van der Waals surface area contributed by atoms with Gasteiger partial charge in [-0.25, -0.2) is 4.79 Å². The van der Waals surface area contributed by atoms with Crippen molar-refractivity contribution in [2.75, 3.05) is 12.4 Å². The summed E-state index contributed by atoms with van der Waals surface area (Å²) in [6.07, 6.45) is -1.61. The minimum Gasteiger partial charge on any atom is -0.481 e. The summed E-state index contributed by atoms with van der Waals surface area (Å²) in [5, 5.41) is 33.1. The van der Waals surface area contributed by atoms with Crippen LogP contribution in [0.5, 0.6) is 0 Å². The molecule has 0 aromatic heterocycles. The van der Waals surface area contributed by atoms with E-state index >= 15 is 0 Å². The van der Waals surface area contributed by atoms with Gasteiger partial charge in [-0.3, -0.25) is 24.0 Å². The minimum absolute atomic E-state index is 0.0919. The lowest BCUT2D eigenvalue weighted by Gasteiger charge is -2.23. The van der Waals surface area contributed by atoms with Gasteiger partial charge in [-0.1, -0.05) is 0 Å². The van der Waals surface area contributed by atoms with E-state index in [4.69, 9.17) is 21.7 Å². The number of nitrogens with one attached hydrogen (secondary N) is 3. The third-order valence-corrected chi connectivity index (χ3v) is 3.77. The predicted octanol–water partition coefficient (Wildman–Crippen LogP) is -4.88. The van der Waals surface area contributed by atoms with E-state index in [1.165, 1.54) is 0 Å². The Morgan fingerprint density at radius 3 is 1.72 bits per heavy atom. The second kappa shape index (κ2) is 12.5. The number of amides is 4. The number of carbonyl (C=O) groups excluding carboxylic acids is 4. The highest BCUT2D eigenvalue weighted by atomic mass is 32.1. The zero-order chi connectivity index (χ0) is 22.7. The van der Waals surface area contributed by atoms with E-state index in [0.29, 0.717) is 0 Å². The third kappa shape index (κ3) is 9.72. The largest absolute Gasteiger partial charge is 0.481 e. The van der Waals surface area contributed by atoms with Crippen LogP contribution < -0.4 is 27.4 Å². The lowest BCUT2D eigenvalue weighted by molar-refractivity contribution is -0.144. The van der Waals surface area contributed by atoms with E-state index in [-0.39, 0.29) is 5.75 Å². The zero-order valence-corrected chi connectivity index (χ0v) is 15.9. The number of hydrogen-bond donors (Lipinski definition) is 9. The highest BCUT2D eigenvalue weighted by molar-refractivity contribution is 7.80. The molecule has 0 radical (unpaired) electrons. The summed E-state index contributed by atoms with van der Waals surface area (Å²) >= 11 is 3.80. The van der Waals surface area contributed by atoms with Crippen LogP contribution in [-0.4, -0.2) is 87.4 Å². The topological polar surface area (TPSA) is 251 Å². The number of primary amides is 1. The molecule has 0 saturated heterocycles. The maximum atomic E-state index is 12.3. The molecule has 164 valence electrons. The van der Waals surface area contributed by atoms with E-state index in [9.17, 15) is 33.9 Å². The molecular weight excluding hydrogens is 414 g/mol. The van der Waals surface area contributed by atoms with Crippen LogP contribution in [0, 0.1) is 0 Å². The Labute approximate surface area is 169 Å². The van der Waals surface area contributed by atoms with Crippen LogP contribution in [0.15, 0.2) is 0 Å². The average Bonchev–Trinajstić information content (AvgIpc) is 2.62. The Kier molecular flexibility index (Phi) is 11.3. The van der Waals surface area contributed by atoms with E-state index in [1.54, 1.807) is 0 Å². The fraction of sp³-hybridized carbons (Fsp3) is 0.571. The summed E-state index contributed by atoms with van der Waals surface area (Å²) in [5.74, 6) is -7.36. The third-order valence-electron chi connectivity index (χ3n) is 3.38. The Balaban J connectivity index is 5.23. The monoisotopic (exact) mass is 437 g/mol. The molecule has 15 heteroatoms. The maximum Gasteiger partial charge on any atom is 0.326 e. The van der Waals surface area contributed by atoms with Crippen molar-refractivity contribution in [2.45, 2.75) is 37.0 Å². The first-order chi connectivity index (χ1) is 13.4. The number of aliphatic hydroxyl groups is 1. The van der Waals surface area contributed by atoms with Crippen LogP contribution in [0.3, 0.4) is 0 Å². The molecule has 4 atom stereocenters. The van der Waals surface area contributed by atoms with Gasteiger partial charge in [0.1, 0.15) is 18.1 Å². The minimum atomic E-state index is -1.71. The molecule has 29 heavy (non-hydrogen) atoms. The number of rotatable bonds is 13. The van der Waals surface area contributed by atoms with E-state index in [1.807, 2.05) is 10.6 Å². The van der Waals surface area contributed by atoms with Crippen molar-refractivity contribution >= 4 is 48.2 Å². The van der Waals surface area contributed by atoms with Gasteiger partial charge < -0.3 is 42.7 Å². The second-order valence-electron chi connectivity index (χ2n) is 5.76. The molecule has 0 rings (SSSR count). The first-order valence-corrected chi connectivity index (χ1v) is 8.67. The molecule has 0 aliphatic heterocycles. The van der Waals surface area contributed by atoms with Gasteiger partial charge in [0, 0.05) is 5.75 Å². The van der Waals surface area contributed by atoms with Gasteiger partial charge in [-0.05, 0) is 0 Å². The molecule has 0 spiro atoms. The highest BCUT2D eigenvalue weighted by Crippen LogP contribution is 1.99. The first-order valence-electron chi connectivity index (χ1n) is 8.04. The second-order valence-corrected chi connectivity index (χ2v) is 6.13. The van der Waals surface area contributed by atoms with Crippen LogP contribution in [0.1, 0.15) is 12.8 Å². The standard InChI is InChI=1S/C14H23N5O9S/c15-5(4-29)11(24)17-6(2-10(22)23)12(25)19-8(3-20)13(26)18-7(14(27)28)1-9(16)21/h5-8,20,29H,1-4,15H2,(H2,16,21)(H,17,24)(H,18,26)(H,19,25)(H,22,23)(H,27,28). The fourth-order valence-corrected chi connectivity index (χ4v) is 2.05. The van der Waals surface area contributed by atoms with Gasteiger partial charge >= 0.3 is 11.9 Å². The van der Waals surface area contributed by atoms with Crippen molar-refractivity contribution in [1.29, 1.82) is 0 Å². The normalized spacial score (nSPS) is 14.6. The van der Waals surface area contributed by atoms with Crippen molar-refractivity contribution in [2.24, 2.45) is 11.5 Å². The van der Waals surface area contributed by atoms with Gasteiger partial charge in [0.25, 0.3) is 0 Å². The molecule has 0 aromatic carbocycles. The van der Waals surface area contributed by atoms with Gasteiger partial charge in [0.2, 0.25) is 23.6 Å². The van der Waals surface area contributed by atoms with Crippen molar-refractivity contribution in [3.8, 4) is 0 Å². The quantitative estimate of drug-likeness (QED) is 0.124. The molecule has 0 heterocycles. The average molecular weight is 437 g/mol. The highest BCUT2D eigenvalue weighted by Gasteiger charge is 2.31. The Bertz CT molecular complexity index is 659. The Morgan fingerprint density at radius 2 is 1.31 bits per heavy atom. The van der Waals surface area contributed by atoms with Gasteiger partial charge in [0.05, 0.1) is 25.5 Å². The van der Waals surface area contributed by atoms with Gasteiger partial charge in [-0.15, -0.1) is 0 Å². The Morgan fingerprint density at radius 1 is 0.828 bits per heavy atom. The summed E-state index contributed by atoms with van der Waals surface area (Å²) in [4.78, 5) is 69.0. The lowest BCUT2D eigenvalue weighted by atomic mass is 10.1. The summed E-state index contributed by atoms with van der Waals surface area (Å²) in [5.41, 5.74) is 10.3. The van der Waals surface area contributed by atoms with Gasteiger partial charge in [0.15, 0.2) is 0 Å². The molecule has 0 bridgehead atoms. The maximum absolute atomic E-state index is 12.3. The molecule has 0 aliphatic carbocycles. The first kappa shape index (κ1) is 26.1. The number of hydrogen-bond acceptors (Lipinski definition) is 9. The number of thiol groups is 1. The van der Waals surface area contributed by atoms with Crippen molar-refractivity contribution < 1.29 is 44.1 Å². The number of aliphatic carboxylic acids is 2. The number of carboxylic acid groups (broad SMARTS) is 2. The van der Waals surface area contributed by atoms with Crippen molar-refractivity contribution in [3.63, 3.8) is 0 Å². The van der Waals surface area contributed by atoms with Crippen LogP contribution in [0.2, 0.25) is 0 Å². The molecule has 0 saturated carbocycles. The smallest absolute Gasteiger partial charge is 0.326 e. The predicted molar refractivity (Wildman–Crippen MR) is 98.4 cm³/mol. The number of carboxylic acids is 2. The van der Waals surface area contributed by atoms with Crippen LogP contribution in [0.25, 0.3) is 0 Å². The van der Waals surface area contributed by atoms with Crippen LogP contribution in [0.4, 0.5) is 0 Å². The van der Waals surface area contributed by atoms with E-state index < -0.39 is 79.2 Å². The molecule has 14 nitrogen and oxygen atoms in total. The molecular formula is C14H23N5O9S. The Hall–Kier alpha value is -2.91. The fourth-order valence-electron chi connectivity index (χ4n) is 1.89. The van der Waals surface area contributed by atoms with Crippen molar-refractivity contribution in [1.82, 2.24) is 16.0 Å².